The van der Waals surface area contributed by atoms with E-state index in [4.69, 9.17) is 11.6 Å². The third-order valence-electron chi connectivity index (χ3n) is 2.61. The Labute approximate surface area is 117 Å². The second-order valence-corrected chi connectivity index (χ2v) is 6.26. The molecule has 0 fully saturated rings. The van der Waals surface area contributed by atoms with Crippen LogP contribution in [0.2, 0.25) is 5.02 Å². The molecule has 4 nitrogen and oxygen atoms in total. The molecule has 0 aliphatic heterocycles. The van der Waals surface area contributed by atoms with Crippen molar-refractivity contribution in [2.75, 3.05) is 0 Å². The minimum absolute atomic E-state index is 0.0104. The van der Waals surface area contributed by atoms with Crippen LogP contribution in [0.4, 0.5) is 0 Å². The Morgan fingerprint density at radius 2 is 1.89 bits per heavy atom. The molecule has 19 heavy (non-hydrogen) atoms. The average Bonchev–Trinajstić information content (AvgIpc) is 2.38. The van der Waals surface area contributed by atoms with Crippen molar-refractivity contribution in [1.82, 2.24) is 9.71 Å². The van der Waals surface area contributed by atoms with Gasteiger partial charge in [-0.3, -0.25) is 4.98 Å². The molecule has 1 aromatic heterocycles. The minimum atomic E-state index is -3.64. The van der Waals surface area contributed by atoms with Gasteiger partial charge >= 0.3 is 0 Å². The van der Waals surface area contributed by atoms with Crippen molar-refractivity contribution < 1.29 is 8.42 Å². The zero-order valence-corrected chi connectivity index (χ0v) is 11.9. The SMILES string of the molecule is Cc1ccc(CNS(=O)(=O)c2cnccc2Cl)cc1. The molecule has 0 aliphatic rings. The Kier molecular flexibility index (Phi) is 4.19. The number of pyridine rings is 1. The number of sulfonamides is 1. The van der Waals surface area contributed by atoms with Crippen LogP contribution in [0.1, 0.15) is 11.1 Å². The van der Waals surface area contributed by atoms with E-state index in [0.29, 0.717) is 0 Å². The van der Waals surface area contributed by atoms with E-state index in [2.05, 4.69) is 9.71 Å². The zero-order valence-electron chi connectivity index (χ0n) is 10.3. The molecule has 0 unspecified atom stereocenters. The van der Waals surface area contributed by atoms with E-state index >= 15 is 0 Å². The largest absolute Gasteiger partial charge is 0.263 e. The molecule has 1 N–H and O–H groups in total. The Hall–Kier alpha value is -1.43. The molecular formula is C13H13ClN2O2S. The summed E-state index contributed by atoms with van der Waals surface area (Å²) in [5, 5.41) is 0.159. The van der Waals surface area contributed by atoms with Crippen LogP contribution in [0.5, 0.6) is 0 Å². The van der Waals surface area contributed by atoms with Gasteiger partial charge in [-0.05, 0) is 18.6 Å². The maximum Gasteiger partial charge on any atom is 0.243 e. The van der Waals surface area contributed by atoms with Gasteiger partial charge in [-0.1, -0.05) is 41.4 Å². The summed E-state index contributed by atoms with van der Waals surface area (Å²) in [4.78, 5) is 3.76. The van der Waals surface area contributed by atoms with Crippen LogP contribution in [0.15, 0.2) is 47.6 Å². The summed E-state index contributed by atoms with van der Waals surface area (Å²) in [5.74, 6) is 0. The minimum Gasteiger partial charge on any atom is -0.263 e. The first-order chi connectivity index (χ1) is 8.99. The Balaban J connectivity index is 2.14. The van der Waals surface area contributed by atoms with Crippen molar-refractivity contribution >= 4 is 21.6 Å². The highest BCUT2D eigenvalue weighted by molar-refractivity contribution is 7.89. The van der Waals surface area contributed by atoms with Crippen LogP contribution in [0.25, 0.3) is 0 Å². The summed E-state index contributed by atoms with van der Waals surface area (Å²) >= 11 is 5.85. The Bertz CT molecular complexity index is 669. The fourth-order valence-electron chi connectivity index (χ4n) is 1.52. The fourth-order valence-corrected chi connectivity index (χ4v) is 2.97. The second kappa shape index (κ2) is 5.69. The number of hydrogen-bond acceptors (Lipinski definition) is 3. The first kappa shape index (κ1) is 14.0. The number of hydrogen-bond donors (Lipinski definition) is 1. The maximum atomic E-state index is 12.1. The van der Waals surface area contributed by atoms with Gasteiger partial charge in [-0.25, -0.2) is 13.1 Å². The van der Waals surface area contributed by atoms with Crippen molar-refractivity contribution in [2.24, 2.45) is 0 Å². The molecule has 0 bridgehead atoms. The summed E-state index contributed by atoms with van der Waals surface area (Å²) in [6, 6.07) is 9.06. The Morgan fingerprint density at radius 1 is 1.21 bits per heavy atom. The lowest BCUT2D eigenvalue weighted by atomic mass is 10.2. The van der Waals surface area contributed by atoms with Gasteiger partial charge in [0.2, 0.25) is 10.0 Å². The number of aryl methyl sites for hydroxylation is 1. The van der Waals surface area contributed by atoms with Gasteiger partial charge in [-0.15, -0.1) is 0 Å². The molecular weight excluding hydrogens is 284 g/mol. The summed E-state index contributed by atoms with van der Waals surface area (Å²) in [6.07, 6.45) is 2.68. The summed E-state index contributed by atoms with van der Waals surface area (Å²) < 4.78 is 26.6. The number of halogens is 1. The highest BCUT2D eigenvalue weighted by Crippen LogP contribution is 2.19. The third kappa shape index (κ3) is 3.53. The lowest BCUT2D eigenvalue weighted by Crippen LogP contribution is -2.23. The van der Waals surface area contributed by atoms with Crippen LogP contribution >= 0.6 is 11.6 Å². The van der Waals surface area contributed by atoms with Gasteiger partial charge in [0, 0.05) is 18.9 Å². The maximum absolute atomic E-state index is 12.1. The standard InChI is InChI=1S/C13H13ClN2O2S/c1-10-2-4-11(5-3-10)8-16-19(17,18)13-9-15-7-6-12(13)14/h2-7,9,16H,8H2,1H3. The summed E-state index contributed by atoms with van der Waals surface area (Å²) in [5.41, 5.74) is 2.01. The molecule has 0 saturated heterocycles. The smallest absolute Gasteiger partial charge is 0.243 e. The zero-order chi connectivity index (χ0) is 13.9. The van der Waals surface area contributed by atoms with Gasteiger partial charge in [0.15, 0.2) is 0 Å². The molecule has 100 valence electrons. The molecule has 1 aromatic carbocycles. The van der Waals surface area contributed by atoms with E-state index < -0.39 is 10.0 Å². The predicted molar refractivity (Wildman–Crippen MR) is 74.5 cm³/mol. The van der Waals surface area contributed by atoms with E-state index in [1.165, 1.54) is 18.5 Å². The van der Waals surface area contributed by atoms with E-state index in [0.717, 1.165) is 11.1 Å². The highest BCUT2D eigenvalue weighted by atomic mass is 35.5. The van der Waals surface area contributed by atoms with Crippen LogP contribution < -0.4 is 4.72 Å². The van der Waals surface area contributed by atoms with Gasteiger partial charge in [0.25, 0.3) is 0 Å². The van der Waals surface area contributed by atoms with Gasteiger partial charge in [-0.2, -0.15) is 0 Å². The molecule has 0 radical (unpaired) electrons. The monoisotopic (exact) mass is 296 g/mol. The molecule has 2 aromatic rings. The van der Waals surface area contributed by atoms with Crippen molar-refractivity contribution in [3.8, 4) is 0 Å². The van der Waals surface area contributed by atoms with Crippen molar-refractivity contribution in [2.45, 2.75) is 18.4 Å². The third-order valence-corrected chi connectivity index (χ3v) is 4.48. The summed E-state index contributed by atoms with van der Waals surface area (Å²) in [7, 11) is -3.64. The molecule has 1 heterocycles. The molecule has 6 heteroatoms. The first-order valence-corrected chi connectivity index (χ1v) is 7.50. The van der Waals surface area contributed by atoms with Gasteiger partial charge in [0.1, 0.15) is 4.90 Å². The van der Waals surface area contributed by atoms with E-state index in [1.54, 1.807) is 0 Å². The first-order valence-electron chi connectivity index (χ1n) is 5.64. The quantitative estimate of drug-likeness (QED) is 0.943. The molecule has 0 aliphatic carbocycles. The predicted octanol–water partition coefficient (Wildman–Crippen LogP) is 2.52. The number of benzene rings is 1. The van der Waals surface area contributed by atoms with E-state index in [1.807, 2.05) is 31.2 Å². The number of rotatable bonds is 4. The van der Waals surface area contributed by atoms with Gasteiger partial charge < -0.3 is 0 Å². The van der Waals surface area contributed by atoms with Gasteiger partial charge in [0.05, 0.1) is 5.02 Å². The van der Waals surface area contributed by atoms with Crippen LogP contribution in [-0.4, -0.2) is 13.4 Å². The molecule has 0 amide bonds. The van der Waals surface area contributed by atoms with Crippen LogP contribution in [0, 0.1) is 6.92 Å². The van der Waals surface area contributed by atoms with Crippen LogP contribution in [0.3, 0.4) is 0 Å². The molecule has 0 saturated carbocycles. The van der Waals surface area contributed by atoms with Crippen molar-refractivity contribution in [1.29, 1.82) is 0 Å². The molecule has 0 atom stereocenters. The van der Waals surface area contributed by atoms with Crippen molar-refractivity contribution in [3.63, 3.8) is 0 Å². The number of nitrogens with one attached hydrogen (secondary N) is 1. The highest BCUT2D eigenvalue weighted by Gasteiger charge is 2.17. The summed E-state index contributed by atoms with van der Waals surface area (Å²) in [6.45, 7) is 2.19. The van der Waals surface area contributed by atoms with E-state index in [-0.39, 0.29) is 16.5 Å². The average molecular weight is 297 g/mol. The Morgan fingerprint density at radius 3 is 2.53 bits per heavy atom. The number of nitrogens with zero attached hydrogens (tertiary/aromatic N) is 1. The van der Waals surface area contributed by atoms with Crippen LogP contribution in [-0.2, 0) is 16.6 Å². The topological polar surface area (TPSA) is 59.1 Å². The fraction of sp³-hybridized carbons (Fsp3) is 0.154. The second-order valence-electron chi connectivity index (χ2n) is 4.12. The lowest BCUT2D eigenvalue weighted by Gasteiger charge is -2.08. The van der Waals surface area contributed by atoms with E-state index in [9.17, 15) is 8.42 Å². The lowest BCUT2D eigenvalue weighted by molar-refractivity contribution is 0.581. The van der Waals surface area contributed by atoms with Crippen molar-refractivity contribution in [3.05, 3.63) is 58.9 Å². The molecule has 2 rings (SSSR count). The normalized spacial score (nSPS) is 11.5. The number of aromatic nitrogens is 1. The molecule has 0 spiro atoms.